The van der Waals surface area contributed by atoms with Gasteiger partial charge in [0, 0.05) is 34.3 Å². The third-order valence-corrected chi connectivity index (χ3v) is 6.32. The topological polar surface area (TPSA) is 51.5 Å². The van der Waals surface area contributed by atoms with Crippen molar-refractivity contribution in [2.45, 2.75) is 27.7 Å². The van der Waals surface area contributed by atoms with Crippen LogP contribution in [0.25, 0.3) is 38.4 Å². The van der Waals surface area contributed by atoms with E-state index in [1.54, 1.807) is 12.3 Å². The molecule has 1 aromatic heterocycles. The number of benzene rings is 4. The molecule has 0 saturated heterocycles. The minimum Gasteiger partial charge on any atom is -0.493 e. The molecule has 0 aliphatic rings. The Morgan fingerprint density at radius 2 is 1.67 bits per heavy atom. The second-order valence-electron chi connectivity index (χ2n) is 9.15. The lowest BCUT2D eigenvalue weighted by Crippen LogP contribution is -2.09. The van der Waals surface area contributed by atoms with Crippen LogP contribution in [0.15, 0.2) is 89.6 Å². The molecule has 0 atom stereocenters. The second kappa shape index (κ2) is 9.74. The quantitative estimate of drug-likeness (QED) is 0.251. The number of anilines is 1. The lowest BCUT2D eigenvalue weighted by atomic mass is 9.96. The maximum absolute atomic E-state index is 12.9. The highest BCUT2D eigenvalue weighted by Gasteiger charge is 2.16. The number of rotatable bonds is 6. The van der Waals surface area contributed by atoms with Crippen molar-refractivity contribution >= 4 is 38.9 Å². The van der Waals surface area contributed by atoms with Crippen LogP contribution < -0.4 is 10.1 Å². The number of fused-ring (bicyclic) bond motifs is 2. The standard InChI is InChI=1S/C32H29NO3/c1-5-35-30-18-31-28(29(19-36-31)26-12-8-10-23-9-6-7-11-25(23)26)17-27(30)22(4)16-32(34)33-24-14-20(2)13-21(3)15-24/h6-19H,5H2,1-4H3,(H,33,34)/b22-16+. The van der Waals surface area contributed by atoms with E-state index in [9.17, 15) is 4.79 Å². The maximum Gasteiger partial charge on any atom is 0.248 e. The number of hydrogen-bond donors (Lipinski definition) is 1. The van der Waals surface area contributed by atoms with Crippen molar-refractivity contribution in [2.24, 2.45) is 0 Å². The van der Waals surface area contributed by atoms with Crippen LogP contribution in [0.3, 0.4) is 0 Å². The Morgan fingerprint density at radius 3 is 2.44 bits per heavy atom. The summed E-state index contributed by atoms with van der Waals surface area (Å²) in [7, 11) is 0. The molecule has 4 heteroatoms. The van der Waals surface area contributed by atoms with Gasteiger partial charge in [0.15, 0.2) is 0 Å². The monoisotopic (exact) mass is 475 g/mol. The lowest BCUT2D eigenvalue weighted by Gasteiger charge is -2.12. The molecule has 1 amide bonds. The number of aryl methyl sites for hydroxylation is 2. The fourth-order valence-electron chi connectivity index (χ4n) is 4.81. The molecular formula is C32H29NO3. The maximum atomic E-state index is 12.9. The Balaban J connectivity index is 1.57. The molecule has 0 fully saturated rings. The average Bonchev–Trinajstić information content (AvgIpc) is 3.25. The number of ether oxygens (including phenoxy) is 1. The van der Waals surface area contributed by atoms with Crippen LogP contribution in [-0.4, -0.2) is 12.5 Å². The molecule has 36 heavy (non-hydrogen) atoms. The molecule has 1 heterocycles. The van der Waals surface area contributed by atoms with Crippen molar-refractivity contribution in [1.82, 2.24) is 0 Å². The van der Waals surface area contributed by atoms with E-state index in [4.69, 9.17) is 9.15 Å². The average molecular weight is 476 g/mol. The lowest BCUT2D eigenvalue weighted by molar-refractivity contribution is -0.111. The highest BCUT2D eigenvalue weighted by molar-refractivity contribution is 6.07. The van der Waals surface area contributed by atoms with Crippen LogP contribution in [-0.2, 0) is 4.79 Å². The van der Waals surface area contributed by atoms with Crippen LogP contribution in [0.2, 0.25) is 0 Å². The molecule has 1 N–H and O–H groups in total. The number of hydrogen-bond acceptors (Lipinski definition) is 3. The van der Waals surface area contributed by atoms with Crippen LogP contribution in [0.5, 0.6) is 5.75 Å². The summed E-state index contributed by atoms with van der Waals surface area (Å²) >= 11 is 0. The first-order chi connectivity index (χ1) is 17.4. The minimum atomic E-state index is -0.179. The molecule has 0 spiro atoms. The highest BCUT2D eigenvalue weighted by atomic mass is 16.5. The van der Waals surface area contributed by atoms with E-state index in [0.717, 1.165) is 50.0 Å². The summed E-state index contributed by atoms with van der Waals surface area (Å²) in [5.41, 5.74) is 7.55. The van der Waals surface area contributed by atoms with Gasteiger partial charge in [-0.2, -0.15) is 0 Å². The van der Waals surface area contributed by atoms with Gasteiger partial charge in [-0.25, -0.2) is 0 Å². The zero-order chi connectivity index (χ0) is 25.2. The molecule has 5 rings (SSSR count). The summed E-state index contributed by atoms with van der Waals surface area (Å²) in [4.78, 5) is 12.9. The Kier molecular flexibility index (Phi) is 6.34. The third kappa shape index (κ3) is 4.63. The summed E-state index contributed by atoms with van der Waals surface area (Å²) in [5.74, 6) is 0.512. The Labute approximate surface area is 211 Å². The van der Waals surface area contributed by atoms with E-state index in [0.29, 0.717) is 12.4 Å². The van der Waals surface area contributed by atoms with Gasteiger partial charge in [-0.05, 0) is 78.9 Å². The molecule has 0 unspecified atom stereocenters. The van der Waals surface area contributed by atoms with Crippen molar-refractivity contribution in [3.8, 4) is 16.9 Å². The summed E-state index contributed by atoms with van der Waals surface area (Å²) in [6.45, 7) is 8.43. The van der Waals surface area contributed by atoms with Gasteiger partial charge in [-0.3, -0.25) is 4.79 Å². The SMILES string of the molecule is CCOc1cc2occ(-c3cccc4ccccc34)c2cc1/C(C)=C/C(=O)Nc1cc(C)cc(C)c1. The van der Waals surface area contributed by atoms with E-state index >= 15 is 0 Å². The first-order valence-corrected chi connectivity index (χ1v) is 12.2. The van der Waals surface area contributed by atoms with E-state index in [1.807, 2.05) is 58.0 Å². The molecule has 4 nitrogen and oxygen atoms in total. The van der Waals surface area contributed by atoms with E-state index < -0.39 is 0 Å². The van der Waals surface area contributed by atoms with E-state index in [-0.39, 0.29) is 5.91 Å². The first-order valence-electron chi connectivity index (χ1n) is 12.2. The van der Waals surface area contributed by atoms with Gasteiger partial charge < -0.3 is 14.5 Å². The number of amides is 1. The number of nitrogens with one attached hydrogen (secondary N) is 1. The van der Waals surface area contributed by atoms with Crippen molar-refractivity contribution in [3.63, 3.8) is 0 Å². The van der Waals surface area contributed by atoms with Crippen LogP contribution in [0.4, 0.5) is 5.69 Å². The zero-order valence-electron chi connectivity index (χ0n) is 21.0. The van der Waals surface area contributed by atoms with Crippen molar-refractivity contribution in [2.75, 3.05) is 11.9 Å². The fourth-order valence-corrected chi connectivity index (χ4v) is 4.81. The third-order valence-electron chi connectivity index (χ3n) is 6.32. The number of furan rings is 1. The van der Waals surface area contributed by atoms with Gasteiger partial charge in [0.25, 0.3) is 0 Å². The Hall–Kier alpha value is -4.31. The van der Waals surface area contributed by atoms with Crippen LogP contribution in [0, 0.1) is 13.8 Å². The normalized spacial score (nSPS) is 11.7. The molecule has 0 radical (unpaired) electrons. The first kappa shape index (κ1) is 23.4. The Bertz CT molecular complexity index is 1600. The molecule has 0 aliphatic carbocycles. The van der Waals surface area contributed by atoms with Gasteiger partial charge in [0.1, 0.15) is 11.3 Å². The molecule has 0 aliphatic heterocycles. The van der Waals surface area contributed by atoms with Crippen molar-refractivity contribution < 1.29 is 13.9 Å². The smallest absolute Gasteiger partial charge is 0.248 e. The number of allylic oxidation sites excluding steroid dienone is 1. The molecule has 0 bridgehead atoms. The van der Waals surface area contributed by atoms with Crippen LogP contribution in [0.1, 0.15) is 30.5 Å². The van der Waals surface area contributed by atoms with Gasteiger partial charge in [-0.1, -0.05) is 48.5 Å². The summed E-state index contributed by atoms with van der Waals surface area (Å²) in [6.07, 6.45) is 3.43. The largest absolute Gasteiger partial charge is 0.493 e. The molecule has 5 aromatic rings. The highest BCUT2D eigenvalue weighted by Crippen LogP contribution is 2.39. The van der Waals surface area contributed by atoms with Gasteiger partial charge in [-0.15, -0.1) is 0 Å². The number of carbonyl (C=O) groups excluding carboxylic acids is 1. The summed E-state index contributed by atoms with van der Waals surface area (Å²) < 4.78 is 11.9. The fraction of sp³-hybridized carbons (Fsp3) is 0.156. The predicted octanol–water partition coefficient (Wildman–Crippen LogP) is 8.31. The van der Waals surface area contributed by atoms with Crippen LogP contribution >= 0.6 is 0 Å². The predicted molar refractivity (Wildman–Crippen MR) is 149 cm³/mol. The Morgan fingerprint density at radius 1 is 0.917 bits per heavy atom. The molecule has 4 aromatic carbocycles. The van der Waals surface area contributed by atoms with Crippen molar-refractivity contribution in [1.29, 1.82) is 0 Å². The molecular weight excluding hydrogens is 446 g/mol. The van der Waals surface area contributed by atoms with Gasteiger partial charge in [0.2, 0.25) is 5.91 Å². The van der Waals surface area contributed by atoms with Gasteiger partial charge >= 0.3 is 0 Å². The van der Waals surface area contributed by atoms with E-state index in [1.165, 1.54) is 10.8 Å². The molecule has 180 valence electrons. The minimum absolute atomic E-state index is 0.179. The second-order valence-corrected chi connectivity index (χ2v) is 9.15. The van der Waals surface area contributed by atoms with E-state index in [2.05, 4.69) is 47.8 Å². The molecule has 0 saturated carbocycles. The summed E-state index contributed by atoms with van der Waals surface area (Å²) in [5, 5.41) is 6.31. The number of carbonyl (C=O) groups is 1. The summed E-state index contributed by atoms with van der Waals surface area (Å²) in [6, 6.07) is 24.6. The zero-order valence-corrected chi connectivity index (χ0v) is 21.0. The van der Waals surface area contributed by atoms with Gasteiger partial charge in [0.05, 0.1) is 12.9 Å². The van der Waals surface area contributed by atoms with Crippen molar-refractivity contribution in [3.05, 3.63) is 102 Å².